The molecule has 30 heavy (non-hydrogen) atoms. The van der Waals surface area contributed by atoms with Gasteiger partial charge in [-0.2, -0.15) is 0 Å². The van der Waals surface area contributed by atoms with E-state index in [1.54, 1.807) is 0 Å². The van der Waals surface area contributed by atoms with Crippen molar-refractivity contribution in [2.24, 2.45) is 0 Å². The normalized spacial score (nSPS) is 11.9. The molecule has 0 fully saturated rings. The fraction of sp³-hybridized carbons (Fsp3) is 0.167. The van der Waals surface area contributed by atoms with Gasteiger partial charge >= 0.3 is 5.97 Å². The molecule has 1 amide bonds. The third-order valence-electron chi connectivity index (χ3n) is 5.12. The maximum Gasteiger partial charge on any atom is 0.328 e. The first-order valence-corrected chi connectivity index (χ1v) is 9.78. The molecule has 0 saturated heterocycles. The lowest BCUT2D eigenvalue weighted by Gasteiger charge is -2.16. The van der Waals surface area contributed by atoms with E-state index in [4.69, 9.17) is 4.74 Å². The fourth-order valence-corrected chi connectivity index (χ4v) is 3.58. The van der Waals surface area contributed by atoms with E-state index in [9.17, 15) is 9.59 Å². The summed E-state index contributed by atoms with van der Waals surface area (Å²) in [5, 5.41) is 3.86. The molecule has 2 N–H and O–H groups in total. The van der Waals surface area contributed by atoms with E-state index in [1.807, 2.05) is 83.8 Å². The van der Waals surface area contributed by atoms with Crippen LogP contribution in [0, 0.1) is 0 Å². The van der Waals surface area contributed by atoms with Crippen molar-refractivity contribution in [1.29, 1.82) is 0 Å². The number of esters is 1. The van der Waals surface area contributed by atoms with Crippen LogP contribution in [0.25, 0.3) is 16.6 Å². The van der Waals surface area contributed by atoms with Gasteiger partial charge in [0.1, 0.15) is 6.04 Å². The number of nitrogens with one attached hydrogen (secondary N) is 2. The van der Waals surface area contributed by atoms with Gasteiger partial charge in [-0.25, -0.2) is 4.79 Å². The second-order valence-corrected chi connectivity index (χ2v) is 7.14. The molecule has 2 aromatic carbocycles. The Labute approximate surface area is 174 Å². The largest absolute Gasteiger partial charge is 0.467 e. The number of methoxy groups -OCH3 is 1. The number of rotatable bonds is 7. The molecular weight excluding hydrogens is 378 g/mol. The maximum atomic E-state index is 12.6. The number of nitrogens with zero attached hydrogens (tertiary/aromatic N) is 1. The third-order valence-corrected chi connectivity index (χ3v) is 5.12. The lowest BCUT2D eigenvalue weighted by molar-refractivity contribution is -0.145. The van der Waals surface area contributed by atoms with Gasteiger partial charge in [0.2, 0.25) is 5.91 Å². The van der Waals surface area contributed by atoms with Crippen molar-refractivity contribution < 1.29 is 14.3 Å². The zero-order valence-electron chi connectivity index (χ0n) is 16.7. The number of para-hydroxylation sites is 1. The summed E-state index contributed by atoms with van der Waals surface area (Å²) in [4.78, 5) is 28.1. The monoisotopic (exact) mass is 401 g/mol. The number of benzene rings is 2. The molecule has 6 nitrogen and oxygen atoms in total. The lowest BCUT2D eigenvalue weighted by Crippen LogP contribution is -2.43. The van der Waals surface area contributed by atoms with E-state index in [2.05, 4.69) is 10.3 Å². The number of hydrogen-bond acceptors (Lipinski definition) is 3. The minimum absolute atomic E-state index is 0.188. The van der Waals surface area contributed by atoms with Gasteiger partial charge in [0.25, 0.3) is 0 Å². The molecule has 0 unspecified atom stereocenters. The number of ether oxygens (including phenoxy) is 1. The summed E-state index contributed by atoms with van der Waals surface area (Å²) in [7, 11) is 1.33. The highest BCUT2D eigenvalue weighted by Crippen LogP contribution is 2.19. The Morgan fingerprint density at radius 1 is 1.03 bits per heavy atom. The van der Waals surface area contributed by atoms with Crippen molar-refractivity contribution >= 4 is 22.8 Å². The number of carbonyl (C=O) groups is 2. The molecule has 0 spiro atoms. The summed E-state index contributed by atoms with van der Waals surface area (Å²) in [6.07, 6.45) is 6.34. The van der Waals surface area contributed by atoms with E-state index in [0.717, 1.165) is 27.7 Å². The first kappa shape index (κ1) is 19.5. The Balaban J connectivity index is 1.44. The molecule has 0 aliphatic heterocycles. The van der Waals surface area contributed by atoms with E-state index in [1.165, 1.54) is 7.11 Å². The van der Waals surface area contributed by atoms with E-state index in [0.29, 0.717) is 6.42 Å². The maximum absolute atomic E-state index is 12.6. The van der Waals surface area contributed by atoms with Crippen LogP contribution >= 0.6 is 0 Å². The number of hydrogen-bond donors (Lipinski definition) is 2. The number of H-pyrrole nitrogens is 1. The summed E-state index contributed by atoms with van der Waals surface area (Å²) in [5.41, 5.74) is 3.85. The van der Waals surface area contributed by atoms with Gasteiger partial charge in [0, 0.05) is 41.6 Å². The van der Waals surface area contributed by atoms with E-state index >= 15 is 0 Å². The first-order valence-electron chi connectivity index (χ1n) is 9.78. The van der Waals surface area contributed by atoms with Crippen LogP contribution in [0.4, 0.5) is 0 Å². The van der Waals surface area contributed by atoms with Crippen molar-refractivity contribution in [3.63, 3.8) is 0 Å². The molecular formula is C24H23N3O3. The van der Waals surface area contributed by atoms with Crippen LogP contribution in [0.1, 0.15) is 11.1 Å². The molecule has 1 atom stereocenters. The van der Waals surface area contributed by atoms with E-state index in [-0.39, 0.29) is 12.3 Å². The second kappa shape index (κ2) is 8.69. The Kier molecular flexibility index (Phi) is 5.66. The fourth-order valence-electron chi connectivity index (χ4n) is 3.58. The van der Waals surface area contributed by atoms with Crippen molar-refractivity contribution in [2.75, 3.05) is 7.11 Å². The average molecular weight is 401 g/mol. The van der Waals surface area contributed by atoms with Gasteiger partial charge in [0.05, 0.1) is 13.5 Å². The molecule has 0 aliphatic carbocycles. The number of carbonyl (C=O) groups excluding carboxylic acids is 2. The van der Waals surface area contributed by atoms with Crippen molar-refractivity contribution in [3.05, 3.63) is 90.4 Å². The summed E-state index contributed by atoms with van der Waals surface area (Å²) < 4.78 is 6.91. The predicted octanol–water partition coefficient (Wildman–Crippen LogP) is 3.40. The Morgan fingerprint density at radius 3 is 2.50 bits per heavy atom. The molecule has 152 valence electrons. The smallest absolute Gasteiger partial charge is 0.328 e. The Hall–Kier alpha value is -3.80. The summed E-state index contributed by atoms with van der Waals surface area (Å²) in [6, 6.07) is 18.8. The molecule has 4 rings (SSSR count). The number of fused-ring (bicyclic) bond motifs is 1. The zero-order chi connectivity index (χ0) is 20.9. The quantitative estimate of drug-likeness (QED) is 0.466. The van der Waals surface area contributed by atoms with Crippen molar-refractivity contribution in [1.82, 2.24) is 14.9 Å². The average Bonchev–Trinajstić information content (AvgIpc) is 3.44. The summed E-state index contributed by atoms with van der Waals surface area (Å²) in [6.45, 7) is 0. The van der Waals surface area contributed by atoms with E-state index < -0.39 is 12.0 Å². The Bertz CT molecular complexity index is 1140. The minimum atomic E-state index is -0.749. The first-order chi connectivity index (χ1) is 14.6. The summed E-state index contributed by atoms with van der Waals surface area (Å²) >= 11 is 0. The van der Waals surface area contributed by atoms with Gasteiger partial charge in [-0.05, 0) is 41.5 Å². The molecule has 0 bridgehead atoms. The molecule has 0 saturated carbocycles. The lowest BCUT2D eigenvalue weighted by atomic mass is 10.0. The highest BCUT2D eigenvalue weighted by molar-refractivity contribution is 5.88. The molecule has 0 radical (unpaired) electrons. The minimum Gasteiger partial charge on any atom is -0.467 e. The van der Waals surface area contributed by atoms with Crippen LogP contribution in [-0.2, 0) is 27.2 Å². The highest BCUT2D eigenvalue weighted by atomic mass is 16.5. The third kappa shape index (κ3) is 4.27. The molecule has 2 aromatic heterocycles. The van der Waals surface area contributed by atoms with Crippen LogP contribution in [-0.4, -0.2) is 34.6 Å². The molecule has 4 aromatic rings. The standard InChI is InChI=1S/C24H23N3O3/c1-30-24(29)22(15-18-16-25-21-7-3-2-6-20(18)21)26-23(28)14-17-8-10-19(11-9-17)27-12-4-5-13-27/h2-13,16,22,25H,14-15H2,1H3,(H,26,28)/t22-/m1/s1. The second-order valence-electron chi connectivity index (χ2n) is 7.14. The number of amides is 1. The van der Waals surface area contributed by atoms with Crippen LogP contribution in [0.5, 0.6) is 0 Å². The molecule has 6 heteroatoms. The van der Waals surface area contributed by atoms with Gasteiger partial charge in [-0.15, -0.1) is 0 Å². The number of aromatic nitrogens is 2. The van der Waals surface area contributed by atoms with Crippen LogP contribution < -0.4 is 5.32 Å². The predicted molar refractivity (Wildman–Crippen MR) is 115 cm³/mol. The van der Waals surface area contributed by atoms with Crippen LogP contribution in [0.3, 0.4) is 0 Å². The zero-order valence-corrected chi connectivity index (χ0v) is 16.7. The van der Waals surface area contributed by atoms with Crippen LogP contribution in [0.15, 0.2) is 79.3 Å². The molecule has 0 aliphatic rings. The van der Waals surface area contributed by atoms with Gasteiger partial charge < -0.3 is 19.6 Å². The van der Waals surface area contributed by atoms with Gasteiger partial charge in [0.15, 0.2) is 0 Å². The van der Waals surface area contributed by atoms with Gasteiger partial charge in [-0.1, -0.05) is 30.3 Å². The molecule has 2 heterocycles. The summed E-state index contributed by atoms with van der Waals surface area (Å²) in [5.74, 6) is -0.685. The topological polar surface area (TPSA) is 76.1 Å². The van der Waals surface area contributed by atoms with Crippen LogP contribution in [0.2, 0.25) is 0 Å². The van der Waals surface area contributed by atoms with Crippen molar-refractivity contribution in [3.8, 4) is 5.69 Å². The van der Waals surface area contributed by atoms with Crippen molar-refractivity contribution in [2.45, 2.75) is 18.9 Å². The Morgan fingerprint density at radius 2 is 1.77 bits per heavy atom. The highest BCUT2D eigenvalue weighted by Gasteiger charge is 2.23. The van der Waals surface area contributed by atoms with Gasteiger partial charge in [-0.3, -0.25) is 4.79 Å². The number of aromatic amines is 1. The SMILES string of the molecule is COC(=O)[C@@H](Cc1c[nH]c2ccccc12)NC(=O)Cc1ccc(-n2cccc2)cc1.